The molecule has 0 heterocycles. The van der Waals surface area contributed by atoms with E-state index in [1.54, 1.807) is 0 Å². The smallest absolute Gasteiger partial charge is 0.303 e. The van der Waals surface area contributed by atoms with Crippen LogP contribution in [0.2, 0.25) is 4.44 Å². The van der Waals surface area contributed by atoms with Gasteiger partial charge in [0.25, 0.3) is 0 Å². The number of unbranched alkanes of at least 4 members (excludes halogenated alkanes) is 28. The van der Waals surface area contributed by atoms with Crippen LogP contribution in [0.5, 0.6) is 0 Å². The molecule has 62 heavy (non-hydrogen) atoms. The third-order valence-electron chi connectivity index (χ3n) is 10.1. The fourth-order valence-electron chi connectivity index (χ4n) is 6.24. The van der Waals surface area contributed by atoms with Gasteiger partial charge in [0.2, 0.25) is 0 Å². The summed E-state index contributed by atoms with van der Waals surface area (Å²) in [6, 6.07) is 0. The number of methoxy groups -OCH3 is 1. The van der Waals surface area contributed by atoms with Crippen molar-refractivity contribution in [3.63, 3.8) is 0 Å². The van der Waals surface area contributed by atoms with Gasteiger partial charge in [0.15, 0.2) is 0 Å². The Hall–Kier alpha value is -1.64. The summed E-state index contributed by atoms with van der Waals surface area (Å²) in [4.78, 5) is 43.1. The number of carbonyl (C=O) groups is 4. The summed E-state index contributed by atoms with van der Waals surface area (Å²) < 4.78 is 28.9. The third kappa shape index (κ3) is 78.8. The summed E-state index contributed by atoms with van der Waals surface area (Å²) in [6.07, 6.45) is 38.5. The third-order valence-corrected chi connectivity index (χ3v) is 12.3. The standard InChI is InChI=1S/C23H44O4.C12H22O4.C9H20O2.C4H9.CH4.H2O.O.Sn/c1-3-4-5-6-7-12-15-18-21-27-23(25)20-17-14-11-9-8-10-13-16-19-22(24)26-2;13-11(14)9-7-5-3-1-2-4-6-8-10-12(15)16;10-8-6-4-2-1-3-5-7-9-11;1-3-4-2;;;;/h3-21H2,1-2H3;1-10H2,(H,13,14)(H,15,16);10-11H,1-9H2;1,3-4H2,2H3;1H4;1H2;;/q;;;;;;;+1/p-1. The second-order valence-corrected chi connectivity index (χ2v) is 19.8. The minimum atomic E-state index is -2.89. The molecule has 0 bridgehead atoms. The Morgan fingerprint density at radius 3 is 1.00 bits per heavy atom. The van der Waals surface area contributed by atoms with Crippen molar-refractivity contribution in [2.75, 3.05) is 26.9 Å². The van der Waals surface area contributed by atoms with Crippen LogP contribution >= 0.6 is 0 Å². The maximum absolute atomic E-state index is 11.7. The Labute approximate surface area is 388 Å². The second-order valence-electron chi connectivity index (χ2n) is 16.1. The van der Waals surface area contributed by atoms with Gasteiger partial charge in [-0.25, -0.2) is 0 Å². The van der Waals surface area contributed by atoms with Gasteiger partial charge in [0.05, 0.1) is 13.7 Å². The van der Waals surface area contributed by atoms with Crippen LogP contribution in [0, 0.1) is 0 Å². The number of rotatable bonds is 42. The molecule has 0 unspecified atom stereocenters. The Morgan fingerprint density at radius 1 is 0.419 bits per heavy atom. The van der Waals surface area contributed by atoms with Crippen LogP contribution in [0.25, 0.3) is 0 Å². The molecule has 0 saturated carbocycles. The molecule has 0 aromatic rings. The van der Waals surface area contributed by atoms with Crippen LogP contribution in [0.4, 0.5) is 0 Å². The second kappa shape index (κ2) is 63.6. The van der Waals surface area contributed by atoms with E-state index in [0.29, 0.717) is 37.1 Å². The number of aliphatic hydroxyl groups excluding tert-OH is 2. The molecule has 372 valence electrons. The van der Waals surface area contributed by atoms with Crippen molar-refractivity contribution >= 4 is 44.0 Å². The first-order valence-corrected chi connectivity index (χ1v) is 29.1. The first kappa shape index (κ1) is 69.4. The molecule has 0 fully saturated rings. The van der Waals surface area contributed by atoms with E-state index in [-0.39, 0.29) is 32.2 Å². The monoisotopic (exact) mass is 1000 g/mol. The average molecular weight is 1000 g/mol. The fraction of sp³-hybridized carbons (Fsp3) is 0.918. The molecule has 0 aliphatic rings. The minimum absolute atomic E-state index is 0. The zero-order valence-corrected chi connectivity index (χ0v) is 42.4. The summed E-state index contributed by atoms with van der Waals surface area (Å²) >= 11 is -2.89. The summed E-state index contributed by atoms with van der Waals surface area (Å²) in [7, 11) is 1.44. The van der Waals surface area contributed by atoms with Gasteiger partial charge < -0.3 is 29.9 Å². The molecular formula is C49H100O12Sn. The van der Waals surface area contributed by atoms with Crippen LogP contribution in [0.1, 0.15) is 259 Å². The fourth-order valence-corrected chi connectivity index (χ4v) is 8.12. The van der Waals surface area contributed by atoms with Crippen molar-refractivity contribution in [2.45, 2.75) is 263 Å². The zero-order chi connectivity index (χ0) is 46.3. The molecule has 0 radical (unpaired) electrons. The van der Waals surface area contributed by atoms with Gasteiger partial charge in [-0.2, -0.15) is 0 Å². The van der Waals surface area contributed by atoms with Gasteiger partial charge in [0, 0.05) is 38.9 Å². The van der Waals surface area contributed by atoms with Crippen LogP contribution in [0.3, 0.4) is 0 Å². The Kier molecular flexibility index (Phi) is 71.2. The van der Waals surface area contributed by atoms with Gasteiger partial charge in [-0.15, -0.1) is 0 Å². The van der Waals surface area contributed by atoms with Crippen molar-refractivity contribution in [3.05, 3.63) is 0 Å². The molecule has 5 N–H and O–H groups in total. The predicted molar refractivity (Wildman–Crippen MR) is 255 cm³/mol. The number of aliphatic carboxylic acids is 2. The SMILES string of the molecule is C.CCCCCCCCCCOC(=O)CCCCCCCCCCC(=O)OC.CCC[CH2][Sn](=[O])[OH].O=C(O)CCCCCCCCCCC(=O)O.OCCCCCCCCCO. The molecule has 13 heteroatoms. The van der Waals surface area contributed by atoms with Crippen molar-refractivity contribution < 1.29 is 55.6 Å². The number of esters is 2. The first-order chi connectivity index (χ1) is 29.5. The van der Waals surface area contributed by atoms with Crippen molar-refractivity contribution in [1.29, 1.82) is 0 Å². The molecular weight excluding hydrogens is 899 g/mol. The van der Waals surface area contributed by atoms with Crippen molar-refractivity contribution in [3.8, 4) is 0 Å². The summed E-state index contributed by atoms with van der Waals surface area (Å²) in [5.41, 5.74) is 0. The molecule has 0 saturated heterocycles. The van der Waals surface area contributed by atoms with E-state index in [2.05, 4.69) is 11.7 Å². The molecule has 0 aromatic carbocycles. The number of carboxylic acid groups (broad SMARTS) is 2. The molecule has 0 aromatic heterocycles. The number of ether oxygens (including phenoxy) is 2. The summed E-state index contributed by atoms with van der Waals surface area (Å²) in [5.74, 6) is -1.56. The van der Waals surface area contributed by atoms with Gasteiger partial charge >= 0.3 is 74.8 Å². The average Bonchev–Trinajstić information content (AvgIpc) is 3.23. The maximum Gasteiger partial charge on any atom is 0.303 e. The molecule has 0 spiro atoms. The number of carbonyl (C=O) groups excluding carboxylic acids is 2. The van der Waals surface area contributed by atoms with E-state index in [9.17, 15) is 22.3 Å². The van der Waals surface area contributed by atoms with Crippen molar-refractivity contribution in [1.82, 2.24) is 0 Å². The summed E-state index contributed by atoms with van der Waals surface area (Å²) in [6.45, 7) is 5.52. The van der Waals surface area contributed by atoms with Crippen LogP contribution in [-0.2, 0) is 31.7 Å². The van der Waals surface area contributed by atoms with Crippen molar-refractivity contribution in [2.24, 2.45) is 0 Å². The summed E-state index contributed by atoms with van der Waals surface area (Å²) in [5, 5.41) is 33.8. The van der Waals surface area contributed by atoms with E-state index in [4.69, 9.17) is 28.6 Å². The normalized spacial score (nSPS) is 10.2. The Bertz CT molecular complexity index is 905. The number of hydrogen-bond donors (Lipinski definition) is 5. The largest absolute Gasteiger partial charge is 0.481 e. The molecule has 0 amide bonds. The van der Waals surface area contributed by atoms with Gasteiger partial charge in [-0.05, 0) is 44.9 Å². The van der Waals surface area contributed by atoms with Crippen LogP contribution in [-0.4, -0.2) is 94.8 Å². The number of carboxylic acids is 2. The predicted octanol–water partition coefficient (Wildman–Crippen LogP) is 12.8. The quantitative estimate of drug-likeness (QED) is 0.0220. The number of aliphatic hydroxyl groups is 2. The topological polar surface area (TPSA) is 205 Å². The Morgan fingerprint density at radius 2 is 0.710 bits per heavy atom. The zero-order valence-electron chi connectivity index (χ0n) is 39.6. The minimum Gasteiger partial charge on any atom is -0.481 e. The van der Waals surface area contributed by atoms with Crippen LogP contribution < -0.4 is 0 Å². The first-order valence-electron chi connectivity index (χ1n) is 24.6. The molecule has 0 aliphatic heterocycles. The Balaban J connectivity index is -0.000000261. The van der Waals surface area contributed by atoms with E-state index < -0.39 is 32.1 Å². The van der Waals surface area contributed by atoms with Gasteiger partial charge in [0.1, 0.15) is 0 Å². The molecule has 0 aliphatic carbocycles. The van der Waals surface area contributed by atoms with Gasteiger partial charge in [-0.3, -0.25) is 19.2 Å². The molecule has 12 nitrogen and oxygen atoms in total. The number of hydrogen-bond acceptors (Lipinski definition) is 9. The van der Waals surface area contributed by atoms with E-state index in [1.807, 2.05) is 6.92 Å². The van der Waals surface area contributed by atoms with Crippen LogP contribution in [0.15, 0.2) is 0 Å². The maximum atomic E-state index is 11.7. The van der Waals surface area contributed by atoms with E-state index >= 15 is 0 Å². The van der Waals surface area contributed by atoms with E-state index in [1.165, 1.54) is 97.0 Å². The van der Waals surface area contributed by atoms with Gasteiger partial charge in [-0.1, -0.05) is 168 Å². The van der Waals surface area contributed by atoms with E-state index in [0.717, 1.165) is 122 Å². The molecule has 0 atom stereocenters. The molecule has 0 rings (SSSR count).